The third-order valence-corrected chi connectivity index (χ3v) is 4.24. The van der Waals surface area contributed by atoms with Crippen LogP contribution in [0, 0.1) is 17.8 Å². The zero-order valence-corrected chi connectivity index (χ0v) is 14.5. The van der Waals surface area contributed by atoms with Gasteiger partial charge in [-0.2, -0.15) is 0 Å². The van der Waals surface area contributed by atoms with Crippen LogP contribution in [0.25, 0.3) is 0 Å². The molecule has 3 atom stereocenters. The normalized spacial score (nSPS) is 24.1. The Morgan fingerprint density at radius 3 is 2.35 bits per heavy atom. The van der Waals surface area contributed by atoms with E-state index < -0.39 is 18.1 Å². The van der Waals surface area contributed by atoms with Gasteiger partial charge in [-0.1, -0.05) is 27.2 Å². The third kappa shape index (κ3) is 7.01. The Morgan fingerprint density at radius 1 is 1.09 bits per heavy atom. The van der Waals surface area contributed by atoms with Crippen LogP contribution in [-0.4, -0.2) is 30.8 Å². The minimum Gasteiger partial charge on any atom is -0.462 e. The number of hydrogen-bond acceptors (Lipinski definition) is 6. The highest BCUT2D eigenvalue weighted by atomic mass is 16.7. The predicted molar refractivity (Wildman–Crippen MR) is 83.6 cm³/mol. The van der Waals surface area contributed by atoms with E-state index in [1.54, 1.807) is 6.92 Å². The number of hydrogen-bond donors (Lipinski definition) is 0. The van der Waals surface area contributed by atoms with Crippen molar-refractivity contribution in [3.63, 3.8) is 0 Å². The van der Waals surface area contributed by atoms with Crippen molar-refractivity contribution < 1.29 is 28.6 Å². The Balaban J connectivity index is 2.39. The average Bonchev–Trinajstić information content (AvgIpc) is 2.45. The van der Waals surface area contributed by atoms with Crippen molar-refractivity contribution in [3.8, 4) is 0 Å². The van der Waals surface area contributed by atoms with Crippen LogP contribution in [-0.2, 0) is 23.8 Å². The number of carbonyl (C=O) groups is 3. The van der Waals surface area contributed by atoms with Crippen molar-refractivity contribution in [3.05, 3.63) is 0 Å². The third-order valence-electron chi connectivity index (χ3n) is 4.24. The van der Waals surface area contributed by atoms with Crippen molar-refractivity contribution >= 4 is 18.1 Å². The monoisotopic (exact) mass is 328 g/mol. The molecule has 1 aliphatic rings. The lowest BCUT2D eigenvalue weighted by molar-refractivity contribution is -0.158. The van der Waals surface area contributed by atoms with Crippen LogP contribution in [0.5, 0.6) is 0 Å². The van der Waals surface area contributed by atoms with E-state index in [4.69, 9.17) is 4.74 Å². The fourth-order valence-corrected chi connectivity index (χ4v) is 2.97. The van der Waals surface area contributed by atoms with Crippen LogP contribution in [0.1, 0.15) is 59.8 Å². The summed E-state index contributed by atoms with van der Waals surface area (Å²) in [6.45, 7) is 8.18. The summed E-state index contributed by atoms with van der Waals surface area (Å²) >= 11 is 0. The van der Waals surface area contributed by atoms with E-state index in [2.05, 4.69) is 30.2 Å². The Bertz CT molecular complexity index is 417. The molecule has 132 valence electrons. The standard InChI is InChI=1S/C17H28O6/c1-5-21-17(20)23-16(19)9-8-15(18)22-14-10-12(4)6-7-13(14)11(2)3/h11-14H,5-10H2,1-4H3/t12-,13+,14-/m1/s1. The Kier molecular flexibility index (Phi) is 8.06. The SMILES string of the molecule is CCOC(=O)OC(=O)CCC(=O)O[C@@H]1C[C@H](C)CC[C@H]1C(C)C. The molecule has 0 spiro atoms. The van der Waals surface area contributed by atoms with Crippen molar-refractivity contribution in [2.24, 2.45) is 17.8 Å². The first kappa shape index (κ1) is 19.5. The van der Waals surface area contributed by atoms with Gasteiger partial charge in [0.05, 0.1) is 19.4 Å². The lowest BCUT2D eigenvalue weighted by Crippen LogP contribution is -2.36. The molecule has 0 aromatic heterocycles. The maximum atomic E-state index is 12.0. The molecule has 0 bridgehead atoms. The minimum atomic E-state index is -1.04. The summed E-state index contributed by atoms with van der Waals surface area (Å²) < 4.78 is 14.5. The summed E-state index contributed by atoms with van der Waals surface area (Å²) in [5.74, 6) is 0.153. The van der Waals surface area contributed by atoms with Gasteiger partial charge in [-0.25, -0.2) is 4.79 Å². The van der Waals surface area contributed by atoms with Gasteiger partial charge in [0.2, 0.25) is 0 Å². The second-order valence-electron chi connectivity index (χ2n) is 6.51. The largest absolute Gasteiger partial charge is 0.516 e. The van der Waals surface area contributed by atoms with E-state index in [0.29, 0.717) is 17.8 Å². The molecule has 0 unspecified atom stereocenters. The summed E-state index contributed by atoms with van der Waals surface area (Å²) in [7, 11) is 0. The van der Waals surface area contributed by atoms with Crippen LogP contribution >= 0.6 is 0 Å². The maximum absolute atomic E-state index is 12.0. The Labute approximate surface area is 137 Å². The predicted octanol–water partition coefficient (Wildman–Crippen LogP) is 3.47. The summed E-state index contributed by atoms with van der Waals surface area (Å²) in [6, 6.07) is 0. The van der Waals surface area contributed by atoms with Crippen molar-refractivity contribution in [2.75, 3.05) is 6.61 Å². The Hall–Kier alpha value is -1.59. The lowest BCUT2D eigenvalue weighted by atomic mass is 9.75. The summed E-state index contributed by atoms with van der Waals surface area (Å²) in [5.41, 5.74) is 0. The first-order valence-corrected chi connectivity index (χ1v) is 8.40. The fourth-order valence-electron chi connectivity index (χ4n) is 2.97. The zero-order chi connectivity index (χ0) is 17.4. The molecule has 0 aromatic carbocycles. The number of rotatable bonds is 6. The summed E-state index contributed by atoms with van der Waals surface area (Å²) in [4.78, 5) is 34.4. The van der Waals surface area contributed by atoms with Gasteiger partial charge >= 0.3 is 18.1 Å². The molecule has 0 amide bonds. The van der Waals surface area contributed by atoms with E-state index in [1.165, 1.54) is 0 Å². The summed E-state index contributed by atoms with van der Waals surface area (Å²) in [5, 5.41) is 0. The van der Waals surface area contributed by atoms with Crippen LogP contribution in [0.2, 0.25) is 0 Å². The van der Waals surface area contributed by atoms with Crippen molar-refractivity contribution in [1.29, 1.82) is 0 Å². The van der Waals surface area contributed by atoms with Gasteiger partial charge in [-0.15, -0.1) is 0 Å². The van der Waals surface area contributed by atoms with E-state index in [-0.39, 0.29) is 25.6 Å². The van der Waals surface area contributed by atoms with Gasteiger partial charge in [0.25, 0.3) is 0 Å². The molecule has 6 nitrogen and oxygen atoms in total. The highest BCUT2D eigenvalue weighted by molar-refractivity contribution is 5.84. The molecule has 0 N–H and O–H groups in total. The molecule has 0 heterocycles. The highest BCUT2D eigenvalue weighted by Crippen LogP contribution is 2.35. The molecule has 23 heavy (non-hydrogen) atoms. The van der Waals surface area contributed by atoms with Crippen LogP contribution in [0.15, 0.2) is 0 Å². The molecular formula is C17H28O6. The van der Waals surface area contributed by atoms with Gasteiger partial charge in [-0.05, 0) is 37.5 Å². The molecule has 0 saturated heterocycles. The molecule has 1 rings (SSSR count). The summed E-state index contributed by atoms with van der Waals surface area (Å²) in [6.07, 6.45) is 1.67. The molecule has 0 aliphatic heterocycles. The van der Waals surface area contributed by atoms with E-state index >= 15 is 0 Å². The van der Waals surface area contributed by atoms with Gasteiger partial charge in [0.15, 0.2) is 0 Å². The quantitative estimate of drug-likeness (QED) is 0.549. The lowest BCUT2D eigenvalue weighted by Gasteiger charge is -2.36. The highest BCUT2D eigenvalue weighted by Gasteiger charge is 2.33. The van der Waals surface area contributed by atoms with Gasteiger partial charge < -0.3 is 14.2 Å². The first-order valence-electron chi connectivity index (χ1n) is 8.40. The van der Waals surface area contributed by atoms with E-state index in [0.717, 1.165) is 19.3 Å². The zero-order valence-electron chi connectivity index (χ0n) is 14.5. The number of esters is 2. The number of ether oxygens (including phenoxy) is 3. The van der Waals surface area contributed by atoms with E-state index in [9.17, 15) is 14.4 Å². The molecule has 6 heteroatoms. The number of carbonyl (C=O) groups excluding carboxylic acids is 3. The van der Waals surface area contributed by atoms with Gasteiger partial charge in [0.1, 0.15) is 6.10 Å². The minimum absolute atomic E-state index is 0.0894. The van der Waals surface area contributed by atoms with Gasteiger partial charge in [0, 0.05) is 0 Å². The van der Waals surface area contributed by atoms with Crippen molar-refractivity contribution in [1.82, 2.24) is 0 Å². The maximum Gasteiger partial charge on any atom is 0.516 e. The van der Waals surface area contributed by atoms with Crippen LogP contribution < -0.4 is 0 Å². The van der Waals surface area contributed by atoms with E-state index in [1.807, 2.05) is 0 Å². The second kappa shape index (κ2) is 9.53. The molecule has 1 aliphatic carbocycles. The molecule has 0 radical (unpaired) electrons. The molecular weight excluding hydrogens is 300 g/mol. The smallest absolute Gasteiger partial charge is 0.462 e. The fraction of sp³-hybridized carbons (Fsp3) is 0.824. The topological polar surface area (TPSA) is 78.9 Å². The van der Waals surface area contributed by atoms with Gasteiger partial charge in [-0.3, -0.25) is 9.59 Å². The van der Waals surface area contributed by atoms with Crippen LogP contribution in [0.4, 0.5) is 4.79 Å². The first-order chi connectivity index (χ1) is 10.8. The molecule has 1 saturated carbocycles. The average molecular weight is 328 g/mol. The molecule has 1 fully saturated rings. The van der Waals surface area contributed by atoms with Crippen molar-refractivity contribution in [2.45, 2.75) is 65.9 Å². The Morgan fingerprint density at radius 2 is 1.74 bits per heavy atom. The van der Waals surface area contributed by atoms with Crippen LogP contribution in [0.3, 0.4) is 0 Å². The second-order valence-corrected chi connectivity index (χ2v) is 6.51. The molecule has 0 aromatic rings.